The molecule has 0 atom stereocenters. The topological polar surface area (TPSA) is 88.8 Å². The largest absolute Gasteiger partial charge is 0.368 e. The quantitative estimate of drug-likeness (QED) is 0.749. The SMILES string of the molecule is Nc1nc2c(c(NCc3ccncc3)n1)CCNC2. The highest BCUT2D eigenvalue weighted by Gasteiger charge is 2.16. The summed E-state index contributed by atoms with van der Waals surface area (Å²) < 4.78 is 0. The Labute approximate surface area is 111 Å². The number of anilines is 2. The maximum atomic E-state index is 5.75. The fourth-order valence-corrected chi connectivity index (χ4v) is 2.21. The van der Waals surface area contributed by atoms with Crippen LogP contribution in [0.5, 0.6) is 0 Å². The molecule has 4 N–H and O–H groups in total. The summed E-state index contributed by atoms with van der Waals surface area (Å²) in [6, 6.07) is 3.96. The lowest BCUT2D eigenvalue weighted by molar-refractivity contribution is 0.625. The summed E-state index contributed by atoms with van der Waals surface area (Å²) in [7, 11) is 0. The predicted molar refractivity (Wildman–Crippen MR) is 73.4 cm³/mol. The van der Waals surface area contributed by atoms with Crippen molar-refractivity contribution in [2.45, 2.75) is 19.5 Å². The number of nitrogens with two attached hydrogens (primary N) is 1. The van der Waals surface area contributed by atoms with Crippen LogP contribution in [-0.4, -0.2) is 21.5 Å². The van der Waals surface area contributed by atoms with Gasteiger partial charge in [-0.25, -0.2) is 4.98 Å². The van der Waals surface area contributed by atoms with Gasteiger partial charge in [0.05, 0.1) is 5.69 Å². The molecule has 0 spiro atoms. The third-order valence-electron chi connectivity index (χ3n) is 3.16. The van der Waals surface area contributed by atoms with Gasteiger partial charge in [0.1, 0.15) is 5.82 Å². The highest BCUT2D eigenvalue weighted by molar-refractivity contribution is 5.51. The molecule has 0 fully saturated rings. The van der Waals surface area contributed by atoms with Crippen LogP contribution in [-0.2, 0) is 19.5 Å². The van der Waals surface area contributed by atoms with Crippen molar-refractivity contribution in [2.75, 3.05) is 17.6 Å². The lowest BCUT2D eigenvalue weighted by Gasteiger charge is -2.19. The Kier molecular flexibility index (Phi) is 3.24. The molecule has 0 amide bonds. The molecule has 0 saturated heterocycles. The zero-order chi connectivity index (χ0) is 13.1. The highest BCUT2D eigenvalue weighted by Crippen LogP contribution is 2.21. The van der Waals surface area contributed by atoms with E-state index >= 15 is 0 Å². The van der Waals surface area contributed by atoms with Crippen LogP contribution in [0.15, 0.2) is 24.5 Å². The average molecular weight is 256 g/mol. The Hall–Kier alpha value is -2.21. The Bertz CT molecular complexity index is 569. The summed E-state index contributed by atoms with van der Waals surface area (Å²) in [6.07, 6.45) is 4.49. The van der Waals surface area contributed by atoms with E-state index in [1.165, 1.54) is 5.56 Å². The van der Waals surface area contributed by atoms with Crippen LogP contribution < -0.4 is 16.4 Å². The highest BCUT2D eigenvalue weighted by atomic mass is 15.1. The number of aromatic nitrogens is 3. The van der Waals surface area contributed by atoms with Gasteiger partial charge in [-0.3, -0.25) is 4.98 Å². The molecule has 6 nitrogen and oxygen atoms in total. The van der Waals surface area contributed by atoms with E-state index in [1.807, 2.05) is 12.1 Å². The number of nitrogen functional groups attached to an aromatic ring is 1. The fourth-order valence-electron chi connectivity index (χ4n) is 2.21. The molecule has 1 aliphatic rings. The molecule has 0 saturated carbocycles. The molecule has 0 unspecified atom stereocenters. The van der Waals surface area contributed by atoms with Gasteiger partial charge in [-0.1, -0.05) is 0 Å². The second kappa shape index (κ2) is 5.19. The van der Waals surface area contributed by atoms with Crippen LogP contribution in [0.4, 0.5) is 11.8 Å². The van der Waals surface area contributed by atoms with E-state index in [4.69, 9.17) is 5.73 Å². The van der Waals surface area contributed by atoms with Gasteiger partial charge >= 0.3 is 0 Å². The van der Waals surface area contributed by atoms with Crippen LogP contribution >= 0.6 is 0 Å². The smallest absolute Gasteiger partial charge is 0.222 e. The summed E-state index contributed by atoms with van der Waals surface area (Å²) in [4.78, 5) is 12.6. The molecule has 1 aliphatic heterocycles. The standard InChI is InChI=1S/C13H16N6/c14-13-18-11-8-16-6-3-10(11)12(19-13)17-7-9-1-4-15-5-2-9/h1-2,4-5,16H,3,6-8H2,(H3,14,17,18,19). The van der Waals surface area contributed by atoms with Crippen molar-refractivity contribution in [1.29, 1.82) is 0 Å². The van der Waals surface area contributed by atoms with Crippen LogP contribution in [0.2, 0.25) is 0 Å². The van der Waals surface area contributed by atoms with Crippen molar-refractivity contribution in [3.05, 3.63) is 41.3 Å². The van der Waals surface area contributed by atoms with Gasteiger partial charge in [-0.05, 0) is 30.7 Å². The molecule has 0 aliphatic carbocycles. The molecule has 0 radical (unpaired) electrons. The minimum absolute atomic E-state index is 0.319. The first kappa shape index (κ1) is 11.9. The lowest BCUT2D eigenvalue weighted by Crippen LogP contribution is -2.26. The third-order valence-corrected chi connectivity index (χ3v) is 3.16. The Morgan fingerprint density at radius 1 is 1.26 bits per heavy atom. The van der Waals surface area contributed by atoms with Crippen molar-refractivity contribution in [1.82, 2.24) is 20.3 Å². The second-order valence-corrected chi connectivity index (χ2v) is 4.49. The Balaban J connectivity index is 1.82. The number of nitrogens with one attached hydrogen (secondary N) is 2. The van der Waals surface area contributed by atoms with Gasteiger partial charge < -0.3 is 16.4 Å². The lowest BCUT2D eigenvalue weighted by atomic mass is 10.1. The molecule has 0 aromatic carbocycles. The first-order chi connectivity index (χ1) is 9.33. The fraction of sp³-hybridized carbons (Fsp3) is 0.308. The first-order valence-electron chi connectivity index (χ1n) is 6.31. The van der Waals surface area contributed by atoms with E-state index in [2.05, 4.69) is 25.6 Å². The predicted octanol–water partition coefficient (Wildman–Crippen LogP) is 0.712. The molecule has 6 heteroatoms. The maximum Gasteiger partial charge on any atom is 0.222 e. The molecule has 0 bridgehead atoms. The van der Waals surface area contributed by atoms with Gasteiger partial charge in [0, 0.05) is 31.0 Å². The van der Waals surface area contributed by atoms with Crippen LogP contribution in [0, 0.1) is 0 Å². The number of fused-ring (bicyclic) bond motifs is 1. The number of hydrogen-bond acceptors (Lipinski definition) is 6. The molecule has 2 aromatic rings. The Morgan fingerprint density at radius 3 is 2.95 bits per heavy atom. The first-order valence-corrected chi connectivity index (χ1v) is 6.31. The summed E-state index contributed by atoms with van der Waals surface area (Å²) in [5.74, 6) is 1.17. The number of hydrogen-bond donors (Lipinski definition) is 3. The summed E-state index contributed by atoms with van der Waals surface area (Å²) in [5, 5.41) is 6.63. The van der Waals surface area contributed by atoms with Gasteiger partial charge in [0.2, 0.25) is 5.95 Å². The van der Waals surface area contributed by atoms with Crippen molar-refractivity contribution >= 4 is 11.8 Å². The molecule has 98 valence electrons. The maximum absolute atomic E-state index is 5.75. The van der Waals surface area contributed by atoms with Crippen LogP contribution in [0.3, 0.4) is 0 Å². The van der Waals surface area contributed by atoms with E-state index < -0.39 is 0 Å². The second-order valence-electron chi connectivity index (χ2n) is 4.49. The Morgan fingerprint density at radius 2 is 2.11 bits per heavy atom. The number of pyridine rings is 1. The molecule has 19 heavy (non-hydrogen) atoms. The minimum Gasteiger partial charge on any atom is -0.368 e. The van der Waals surface area contributed by atoms with E-state index in [0.717, 1.165) is 36.6 Å². The van der Waals surface area contributed by atoms with Crippen molar-refractivity contribution in [3.63, 3.8) is 0 Å². The van der Waals surface area contributed by atoms with Crippen molar-refractivity contribution in [2.24, 2.45) is 0 Å². The van der Waals surface area contributed by atoms with Crippen molar-refractivity contribution < 1.29 is 0 Å². The normalized spacial score (nSPS) is 13.9. The monoisotopic (exact) mass is 256 g/mol. The van der Waals surface area contributed by atoms with Crippen LogP contribution in [0.25, 0.3) is 0 Å². The average Bonchev–Trinajstić information content (AvgIpc) is 2.45. The minimum atomic E-state index is 0.319. The number of nitrogens with zero attached hydrogens (tertiary/aromatic N) is 3. The van der Waals surface area contributed by atoms with Gasteiger partial charge in [0.15, 0.2) is 0 Å². The zero-order valence-corrected chi connectivity index (χ0v) is 10.6. The van der Waals surface area contributed by atoms with Gasteiger partial charge in [-0.2, -0.15) is 4.98 Å². The van der Waals surface area contributed by atoms with Gasteiger partial charge in [0.25, 0.3) is 0 Å². The summed E-state index contributed by atoms with van der Waals surface area (Å²) in [6.45, 7) is 2.41. The number of rotatable bonds is 3. The zero-order valence-electron chi connectivity index (χ0n) is 10.6. The summed E-state index contributed by atoms with van der Waals surface area (Å²) in [5.41, 5.74) is 9.08. The van der Waals surface area contributed by atoms with E-state index in [1.54, 1.807) is 12.4 Å². The molecule has 3 rings (SSSR count). The van der Waals surface area contributed by atoms with E-state index in [0.29, 0.717) is 12.5 Å². The molecular weight excluding hydrogens is 240 g/mol. The molecular formula is C13H16N6. The van der Waals surface area contributed by atoms with Gasteiger partial charge in [-0.15, -0.1) is 0 Å². The van der Waals surface area contributed by atoms with E-state index in [9.17, 15) is 0 Å². The molecule has 2 aromatic heterocycles. The summed E-state index contributed by atoms with van der Waals surface area (Å²) >= 11 is 0. The van der Waals surface area contributed by atoms with Crippen LogP contribution in [0.1, 0.15) is 16.8 Å². The third kappa shape index (κ3) is 2.63. The molecule has 3 heterocycles. The van der Waals surface area contributed by atoms with E-state index in [-0.39, 0.29) is 0 Å². The van der Waals surface area contributed by atoms with Crippen molar-refractivity contribution in [3.8, 4) is 0 Å².